The molecule has 1 unspecified atom stereocenters. The lowest BCUT2D eigenvalue weighted by Gasteiger charge is -2.13. The zero-order chi connectivity index (χ0) is 11.0. The molecule has 2 aromatic heterocycles. The number of aromatic nitrogens is 2. The van der Waals surface area contributed by atoms with Crippen molar-refractivity contribution in [2.24, 2.45) is 0 Å². The van der Waals surface area contributed by atoms with Crippen LogP contribution in [0.15, 0.2) is 18.3 Å². The van der Waals surface area contributed by atoms with E-state index in [1.807, 2.05) is 17.5 Å². The second-order valence-corrected chi connectivity index (χ2v) is 5.44. The van der Waals surface area contributed by atoms with Gasteiger partial charge in [0.25, 0.3) is 0 Å². The summed E-state index contributed by atoms with van der Waals surface area (Å²) in [4.78, 5) is 5.77. The fraction of sp³-hybridized carbons (Fsp3) is 0.364. The van der Waals surface area contributed by atoms with Gasteiger partial charge in [0.2, 0.25) is 0 Å². The van der Waals surface area contributed by atoms with Gasteiger partial charge in [-0.15, -0.1) is 11.3 Å². The molecule has 0 aromatic carbocycles. The van der Waals surface area contributed by atoms with E-state index in [4.69, 9.17) is 12.2 Å². The van der Waals surface area contributed by atoms with Crippen LogP contribution in [-0.4, -0.2) is 9.55 Å². The third kappa shape index (κ3) is 1.92. The Kier molecular flexibility index (Phi) is 2.80. The quantitative estimate of drug-likeness (QED) is 0.788. The van der Waals surface area contributed by atoms with Crippen LogP contribution >= 0.6 is 23.6 Å². The molecule has 15 heavy (non-hydrogen) atoms. The second kappa shape index (κ2) is 3.94. The third-order valence-corrected chi connectivity index (χ3v) is 4.05. The SMILES string of the molecule is Cc1ccc(C(C)n2c(C)c[nH]c2=S)s1. The summed E-state index contributed by atoms with van der Waals surface area (Å²) in [5.41, 5.74) is 1.18. The molecule has 2 rings (SSSR count). The van der Waals surface area contributed by atoms with Crippen molar-refractivity contribution >= 4 is 23.6 Å². The molecule has 0 bridgehead atoms. The summed E-state index contributed by atoms with van der Waals surface area (Å²) in [6, 6.07) is 4.66. The monoisotopic (exact) mass is 238 g/mol. The molecule has 0 spiro atoms. The molecular weight excluding hydrogens is 224 g/mol. The minimum Gasteiger partial charge on any atom is -0.337 e. The number of hydrogen-bond donors (Lipinski definition) is 1. The van der Waals surface area contributed by atoms with Gasteiger partial charge in [0.15, 0.2) is 4.77 Å². The molecule has 0 saturated heterocycles. The summed E-state index contributed by atoms with van der Waals surface area (Å²) in [7, 11) is 0. The second-order valence-electron chi connectivity index (χ2n) is 3.73. The maximum atomic E-state index is 5.27. The van der Waals surface area contributed by atoms with Gasteiger partial charge in [-0.2, -0.15) is 0 Å². The van der Waals surface area contributed by atoms with E-state index in [-0.39, 0.29) is 0 Å². The minimum absolute atomic E-state index is 0.322. The summed E-state index contributed by atoms with van der Waals surface area (Å²) in [6.07, 6.45) is 1.96. The molecular formula is C11H14N2S2. The van der Waals surface area contributed by atoms with Gasteiger partial charge in [-0.3, -0.25) is 0 Å². The Labute approximate surface area is 98.6 Å². The Morgan fingerprint density at radius 2 is 2.13 bits per heavy atom. The number of nitrogens with zero attached hydrogens (tertiary/aromatic N) is 1. The van der Waals surface area contributed by atoms with Crippen LogP contribution in [0.4, 0.5) is 0 Å². The fourth-order valence-corrected chi connectivity index (χ4v) is 3.03. The maximum absolute atomic E-state index is 5.27. The van der Waals surface area contributed by atoms with E-state index in [1.54, 1.807) is 0 Å². The van der Waals surface area contributed by atoms with Crippen LogP contribution in [0, 0.1) is 18.6 Å². The Bertz CT molecular complexity index is 519. The molecule has 4 heteroatoms. The summed E-state index contributed by atoms with van der Waals surface area (Å²) in [5, 5.41) is 0. The number of hydrogen-bond acceptors (Lipinski definition) is 2. The zero-order valence-corrected chi connectivity index (χ0v) is 10.7. The molecule has 2 aromatic rings. The Morgan fingerprint density at radius 1 is 1.40 bits per heavy atom. The predicted molar refractivity (Wildman–Crippen MR) is 67.2 cm³/mol. The summed E-state index contributed by atoms with van der Waals surface area (Å²) in [5.74, 6) is 0. The highest BCUT2D eigenvalue weighted by molar-refractivity contribution is 7.71. The van der Waals surface area contributed by atoms with Crippen LogP contribution in [0.25, 0.3) is 0 Å². The van der Waals surface area contributed by atoms with Crippen LogP contribution in [0.5, 0.6) is 0 Å². The first kappa shape index (κ1) is 10.6. The zero-order valence-electron chi connectivity index (χ0n) is 9.07. The lowest BCUT2D eigenvalue weighted by Crippen LogP contribution is -2.06. The van der Waals surface area contributed by atoms with Gasteiger partial charge >= 0.3 is 0 Å². The Hall–Kier alpha value is -0.870. The first-order chi connectivity index (χ1) is 7.09. The van der Waals surface area contributed by atoms with E-state index in [1.165, 1.54) is 15.4 Å². The van der Waals surface area contributed by atoms with Crippen molar-refractivity contribution in [3.8, 4) is 0 Å². The van der Waals surface area contributed by atoms with E-state index in [2.05, 4.69) is 42.5 Å². The fourth-order valence-electron chi connectivity index (χ4n) is 1.75. The molecule has 0 amide bonds. The van der Waals surface area contributed by atoms with Crippen LogP contribution in [0.2, 0.25) is 0 Å². The first-order valence-corrected chi connectivity index (χ1v) is 6.15. The van der Waals surface area contributed by atoms with Crippen LogP contribution < -0.4 is 0 Å². The summed E-state index contributed by atoms with van der Waals surface area (Å²) < 4.78 is 2.95. The van der Waals surface area contributed by atoms with Gasteiger partial charge in [-0.1, -0.05) is 0 Å². The van der Waals surface area contributed by atoms with Gasteiger partial charge in [0.1, 0.15) is 0 Å². The van der Waals surface area contributed by atoms with Gasteiger partial charge < -0.3 is 9.55 Å². The highest BCUT2D eigenvalue weighted by atomic mass is 32.1. The van der Waals surface area contributed by atoms with Crippen LogP contribution in [-0.2, 0) is 0 Å². The molecule has 2 nitrogen and oxygen atoms in total. The van der Waals surface area contributed by atoms with Crippen LogP contribution in [0.1, 0.15) is 28.4 Å². The average Bonchev–Trinajstić information content (AvgIpc) is 2.73. The molecule has 2 heterocycles. The lowest BCUT2D eigenvalue weighted by molar-refractivity contribution is 0.624. The van der Waals surface area contributed by atoms with E-state index in [0.29, 0.717) is 6.04 Å². The smallest absolute Gasteiger partial charge is 0.177 e. The number of aromatic amines is 1. The van der Waals surface area contributed by atoms with E-state index >= 15 is 0 Å². The molecule has 1 atom stereocenters. The number of thiophene rings is 1. The normalized spacial score (nSPS) is 13.0. The Balaban J connectivity index is 2.44. The van der Waals surface area contributed by atoms with E-state index in [0.717, 1.165) is 4.77 Å². The average molecular weight is 238 g/mol. The van der Waals surface area contributed by atoms with Crippen molar-refractivity contribution < 1.29 is 0 Å². The summed E-state index contributed by atoms with van der Waals surface area (Å²) in [6.45, 7) is 6.38. The molecule has 0 aliphatic rings. The number of H-pyrrole nitrogens is 1. The largest absolute Gasteiger partial charge is 0.337 e. The lowest BCUT2D eigenvalue weighted by atomic mass is 10.2. The molecule has 0 radical (unpaired) electrons. The number of aryl methyl sites for hydroxylation is 2. The predicted octanol–water partition coefficient (Wildman–Crippen LogP) is 3.83. The standard InChI is InChI=1S/C11H14N2S2/c1-7-6-12-11(14)13(7)9(3)10-5-4-8(2)15-10/h4-6,9H,1-3H3,(H,12,14). The Morgan fingerprint density at radius 3 is 2.60 bits per heavy atom. The van der Waals surface area contributed by atoms with Gasteiger partial charge in [-0.05, 0) is 45.1 Å². The number of imidazole rings is 1. The van der Waals surface area contributed by atoms with E-state index in [9.17, 15) is 0 Å². The highest BCUT2D eigenvalue weighted by Crippen LogP contribution is 2.26. The van der Waals surface area contributed by atoms with Crippen molar-refractivity contribution in [2.45, 2.75) is 26.8 Å². The highest BCUT2D eigenvalue weighted by Gasteiger charge is 2.12. The van der Waals surface area contributed by atoms with Crippen molar-refractivity contribution in [3.05, 3.63) is 38.5 Å². The third-order valence-electron chi connectivity index (χ3n) is 2.56. The van der Waals surface area contributed by atoms with Crippen molar-refractivity contribution in [1.82, 2.24) is 9.55 Å². The minimum atomic E-state index is 0.322. The first-order valence-electron chi connectivity index (χ1n) is 4.92. The molecule has 0 aliphatic heterocycles. The molecule has 0 saturated carbocycles. The topological polar surface area (TPSA) is 20.7 Å². The van der Waals surface area contributed by atoms with Gasteiger partial charge in [0.05, 0.1) is 6.04 Å². The van der Waals surface area contributed by atoms with Crippen molar-refractivity contribution in [1.29, 1.82) is 0 Å². The molecule has 1 N–H and O–H groups in total. The summed E-state index contributed by atoms with van der Waals surface area (Å²) >= 11 is 7.10. The van der Waals surface area contributed by atoms with Gasteiger partial charge in [0, 0.05) is 21.6 Å². The molecule has 80 valence electrons. The molecule has 0 fully saturated rings. The molecule has 0 aliphatic carbocycles. The van der Waals surface area contributed by atoms with E-state index < -0.39 is 0 Å². The van der Waals surface area contributed by atoms with Crippen molar-refractivity contribution in [2.75, 3.05) is 0 Å². The van der Waals surface area contributed by atoms with Crippen molar-refractivity contribution in [3.63, 3.8) is 0 Å². The maximum Gasteiger partial charge on any atom is 0.177 e. The van der Waals surface area contributed by atoms with Gasteiger partial charge in [-0.25, -0.2) is 0 Å². The van der Waals surface area contributed by atoms with Crippen LogP contribution in [0.3, 0.4) is 0 Å². The number of nitrogens with one attached hydrogen (secondary N) is 1. The number of rotatable bonds is 2.